The van der Waals surface area contributed by atoms with Crippen LogP contribution in [-0.2, 0) is 6.42 Å². The van der Waals surface area contributed by atoms with E-state index in [0.29, 0.717) is 0 Å². The van der Waals surface area contributed by atoms with Crippen LogP contribution < -0.4 is 15.4 Å². The second-order valence-corrected chi connectivity index (χ2v) is 7.26. The van der Waals surface area contributed by atoms with Gasteiger partial charge < -0.3 is 15.4 Å². The summed E-state index contributed by atoms with van der Waals surface area (Å²) < 4.78 is 39.1. The quantitative estimate of drug-likeness (QED) is 0.548. The molecule has 0 bridgehead atoms. The van der Waals surface area contributed by atoms with E-state index in [9.17, 15) is 13.2 Å². The van der Waals surface area contributed by atoms with Crippen LogP contribution in [-0.4, -0.2) is 10.5 Å². The van der Waals surface area contributed by atoms with Gasteiger partial charge in [0.2, 0.25) is 0 Å². The van der Waals surface area contributed by atoms with Gasteiger partial charge in [-0.1, -0.05) is 31.0 Å². The monoisotopic (exact) mass is 414 g/mol. The summed E-state index contributed by atoms with van der Waals surface area (Å²) in [4.78, 5) is 4.35. The molecule has 1 aliphatic heterocycles. The predicted octanol–water partition coefficient (Wildman–Crippen LogP) is 5.46. The van der Waals surface area contributed by atoms with E-state index in [1.165, 1.54) is 6.07 Å². The number of hydrogen-bond acceptors (Lipinski definition) is 5. The van der Waals surface area contributed by atoms with Crippen molar-refractivity contribution in [1.82, 2.24) is 15.6 Å². The Kier molecular flexibility index (Phi) is 6.06. The highest BCUT2D eigenvalue weighted by Gasteiger charge is 2.29. The molecule has 0 radical (unpaired) electrons. The van der Waals surface area contributed by atoms with Crippen molar-refractivity contribution in [3.8, 4) is 0 Å². The van der Waals surface area contributed by atoms with E-state index in [2.05, 4.69) is 33.3 Å². The van der Waals surface area contributed by atoms with E-state index in [-0.39, 0.29) is 28.8 Å². The van der Waals surface area contributed by atoms with Crippen LogP contribution in [0.2, 0.25) is 5.02 Å². The second kappa shape index (κ2) is 8.31. The zero-order chi connectivity index (χ0) is 19.4. The van der Waals surface area contributed by atoms with Crippen LogP contribution in [0, 0.1) is 0 Å². The van der Waals surface area contributed by atoms with Crippen molar-refractivity contribution >= 4 is 34.9 Å². The van der Waals surface area contributed by atoms with Crippen LogP contribution in [0.15, 0.2) is 42.7 Å². The van der Waals surface area contributed by atoms with Gasteiger partial charge in [-0.15, -0.1) is 0 Å². The van der Waals surface area contributed by atoms with E-state index in [4.69, 9.17) is 11.6 Å². The Hall–Kier alpha value is -2.06. The van der Waals surface area contributed by atoms with Gasteiger partial charge in [0.15, 0.2) is 0 Å². The van der Waals surface area contributed by atoms with Crippen LogP contribution in [0.25, 0.3) is 5.70 Å². The van der Waals surface area contributed by atoms with E-state index >= 15 is 0 Å². The maximum Gasteiger partial charge on any atom is 0.461 e. The Bertz CT molecular complexity index is 842. The smallest absolute Gasteiger partial charge is 0.366 e. The lowest BCUT2D eigenvalue weighted by atomic mass is 10.1. The molecule has 144 valence electrons. The first-order valence-electron chi connectivity index (χ1n) is 8.34. The summed E-state index contributed by atoms with van der Waals surface area (Å²) in [6.45, 7) is 2.11. The van der Waals surface area contributed by atoms with Gasteiger partial charge in [-0.2, -0.15) is 13.2 Å². The molecule has 0 amide bonds. The summed E-state index contributed by atoms with van der Waals surface area (Å²) in [6.07, 6.45) is 5.46. The molecule has 2 heterocycles. The van der Waals surface area contributed by atoms with E-state index in [1.807, 2.05) is 12.3 Å². The topological polar surface area (TPSA) is 49.0 Å². The van der Waals surface area contributed by atoms with Crippen molar-refractivity contribution < 1.29 is 13.2 Å². The summed E-state index contributed by atoms with van der Waals surface area (Å²) in [6, 6.07) is 8.86. The molecular weight excluding hydrogens is 397 g/mol. The molecular formula is C18H18ClF3N4S. The van der Waals surface area contributed by atoms with Crippen LogP contribution >= 0.6 is 23.5 Å². The molecule has 3 rings (SSSR count). The molecule has 27 heavy (non-hydrogen) atoms. The highest BCUT2D eigenvalue weighted by atomic mass is 35.5. The zero-order valence-electron chi connectivity index (χ0n) is 14.4. The highest BCUT2D eigenvalue weighted by Crippen LogP contribution is 2.35. The minimum Gasteiger partial charge on any atom is -0.366 e. The number of pyridine rings is 1. The van der Waals surface area contributed by atoms with Gasteiger partial charge in [0, 0.05) is 23.7 Å². The van der Waals surface area contributed by atoms with Gasteiger partial charge in [0.1, 0.15) is 6.17 Å². The number of aromatic nitrogens is 1. The summed E-state index contributed by atoms with van der Waals surface area (Å²) in [7, 11) is 0. The molecule has 0 spiro atoms. The van der Waals surface area contributed by atoms with Crippen molar-refractivity contribution in [1.29, 1.82) is 0 Å². The third-order valence-corrected chi connectivity index (χ3v) is 4.80. The average Bonchev–Trinajstić information content (AvgIpc) is 3.10. The number of rotatable bonds is 6. The van der Waals surface area contributed by atoms with Crippen molar-refractivity contribution in [2.45, 2.75) is 31.4 Å². The first-order valence-corrected chi connectivity index (χ1v) is 9.53. The van der Waals surface area contributed by atoms with Crippen LogP contribution in [0.1, 0.15) is 36.3 Å². The normalized spacial score (nSPS) is 16.5. The summed E-state index contributed by atoms with van der Waals surface area (Å²) in [5.41, 5.74) is -0.482. The third-order valence-electron chi connectivity index (χ3n) is 3.93. The molecule has 0 fully saturated rings. The zero-order valence-corrected chi connectivity index (χ0v) is 16.0. The number of aryl methyl sites for hydroxylation is 1. The molecule has 1 aromatic heterocycles. The fourth-order valence-electron chi connectivity index (χ4n) is 2.70. The highest BCUT2D eigenvalue weighted by molar-refractivity contribution is 8.01. The molecule has 0 saturated carbocycles. The standard InChI is InChI=1S/C18H18ClF3N4S/c1-2-3-13-8-12(6-7-23-13)17-24-10-16(25-17)11-4-5-15(14(19)9-11)26-27-18(20,21)22/h4-10,17,24-26H,2-3H2,1H3. The van der Waals surface area contributed by atoms with Gasteiger partial charge >= 0.3 is 5.51 Å². The molecule has 2 aromatic rings. The van der Waals surface area contributed by atoms with Gasteiger partial charge in [-0.05, 0) is 36.2 Å². The lowest BCUT2D eigenvalue weighted by molar-refractivity contribution is -0.0323. The molecule has 1 unspecified atom stereocenters. The Morgan fingerprint density at radius 3 is 2.78 bits per heavy atom. The molecule has 4 nitrogen and oxygen atoms in total. The maximum absolute atomic E-state index is 12.3. The SMILES string of the molecule is CCCc1cc(C2NC=C(c3ccc(NSC(F)(F)F)c(Cl)c3)N2)ccn1. The van der Waals surface area contributed by atoms with Gasteiger partial charge in [-0.25, -0.2) is 0 Å². The molecule has 3 N–H and O–H groups in total. The van der Waals surface area contributed by atoms with Crippen LogP contribution in [0.4, 0.5) is 18.9 Å². The Morgan fingerprint density at radius 2 is 2.07 bits per heavy atom. The van der Waals surface area contributed by atoms with Crippen LogP contribution in [0.5, 0.6) is 0 Å². The van der Waals surface area contributed by atoms with Gasteiger partial charge in [0.05, 0.1) is 28.4 Å². The fourth-order valence-corrected chi connectivity index (χ4v) is 3.39. The largest absolute Gasteiger partial charge is 0.461 e. The number of benzene rings is 1. The molecule has 0 aliphatic carbocycles. The minimum atomic E-state index is -4.38. The first-order chi connectivity index (χ1) is 12.9. The van der Waals surface area contributed by atoms with E-state index in [1.54, 1.807) is 18.3 Å². The number of halogens is 4. The average molecular weight is 415 g/mol. The van der Waals surface area contributed by atoms with Gasteiger partial charge in [0.25, 0.3) is 0 Å². The fraction of sp³-hybridized carbons (Fsp3) is 0.278. The number of nitrogens with one attached hydrogen (secondary N) is 3. The number of anilines is 1. The minimum absolute atomic E-state index is 0.101. The Morgan fingerprint density at radius 1 is 1.26 bits per heavy atom. The maximum atomic E-state index is 12.3. The van der Waals surface area contributed by atoms with Crippen molar-refractivity contribution in [3.05, 3.63) is 64.6 Å². The summed E-state index contributed by atoms with van der Waals surface area (Å²) in [5, 5.41) is 6.82. The molecule has 0 saturated heterocycles. The third kappa shape index (κ3) is 5.23. The summed E-state index contributed by atoms with van der Waals surface area (Å²) in [5.74, 6) is 0. The molecule has 9 heteroatoms. The van der Waals surface area contributed by atoms with Crippen LogP contribution in [0.3, 0.4) is 0 Å². The van der Waals surface area contributed by atoms with E-state index < -0.39 is 5.51 Å². The Labute approximate surface area is 164 Å². The van der Waals surface area contributed by atoms with Crippen molar-refractivity contribution in [2.75, 3.05) is 4.72 Å². The first kappa shape index (κ1) is 19.7. The van der Waals surface area contributed by atoms with Gasteiger partial charge in [-0.3, -0.25) is 4.98 Å². The Balaban J connectivity index is 1.68. The molecule has 1 aromatic carbocycles. The molecule has 1 atom stereocenters. The predicted molar refractivity (Wildman–Crippen MR) is 104 cm³/mol. The van der Waals surface area contributed by atoms with E-state index in [0.717, 1.165) is 35.4 Å². The lowest BCUT2D eigenvalue weighted by Gasteiger charge is -2.16. The number of hydrogen-bond donors (Lipinski definition) is 3. The second-order valence-electron chi connectivity index (χ2n) is 5.98. The van der Waals surface area contributed by atoms with Crippen molar-refractivity contribution in [3.63, 3.8) is 0 Å². The lowest BCUT2D eigenvalue weighted by Crippen LogP contribution is -2.22. The number of nitrogens with zero attached hydrogens (tertiary/aromatic N) is 1. The summed E-state index contributed by atoms with van der Waals surface area (Å²) >= 11 is 5.78. The number of alkyl halides is 3. The molecule has 1 aliphatic rings. The van der Waals surface area contributed by atoms with Crippen molar-refractivity contribution in [2.24, 2.45) is 0 Å².